The third-order valence-electron chi connectivity index (χ3n) is 8.35. The average molecular weight is 873 g/mol. The van der Waals surface area contributed by atoms with Crippen LogP contribution in [0.5, 0.6) is 0 Å². The monoisotopic (exact) mass is 872 g/mol. The van der Waals surface area contributed by atoms with Crippen LogP contribution in [0, 0.1) is 0 Å². The van der Waals surface area contributed by atoms with Crippen LogP contribution in [-0.2, 0) is 46.4 Å². The Hall–Kier alpha value is -4.28. The van der Waals surface area contributed by atoms with Crippen LogP contribution in [-0.4, -0.2) is 78.1 Å². The van der Waals surface area contributed by atoms with E-state index in [0.29, 0.717) is 23.6 Å². The van der Waals surface area contributed by atoms with Gasteiger partial charge in [-0.25, -0.2) is 14.6 Å². The normalized spacial score (nSPS) is 13.0. The molecule has 0 fully saturated rings. The Kier molecular flexibility index (Phi) is 23.1. The molecule has 1 heterocycles. The van der Waals surface area contributed by atoms with Gasteiger partial charge in [0.1, 0.15) is 34.1 Å². The molecule has 0 saturated carbocycles. The second-order valence-corrected chi connectivity index (χ2v) is 23.9. The third kappa shape index (κ3) is 23.2. The van der Waals surface area contributed by atoms with Gasteiger partial charge in [-0.1, -0.05) is 106 Å². The first-order valence-corrected chi connectivity index (χ1v) is 25.9. The molecule has 326 valence electrons. The maximum Gasteiger partial charge on any atom is 0.408 e. The summed E-state index contributed by atoms with van der Waals surface area (Å²) in [5, 5.41) is 9.94. The van der Waals surface area contributed by atoms with Crippen molar-refractivity contribution in [3.8, 4) is 0 Å². The number of thiazole rings is 1. The SMILES string of the molecule is CC=C(NC(=O)c1csc(CNC(=O)OC(C)(C)C)n1)C(=O)N[C@@H](Cc1ccccc1)C(=O)O[C@H](C=CCCSC(=O)CCCCCCC)CC(=O)OCC[Si](C)(C)C. The van der Waals surface area contributed by atoms with Crippen LogP contribution >= 0.6 is 23.1 Å². The molecular formula is C43H64N4O9S2Si. The topological polar surface area (TPSA) is 179 Å². The smallest absolute Gasteiger partial charge is 0.408 e. The van der Waals surface area contributed by atoms with Gasteiger partial charge >= 0.3 is 18.0 Å². The second kappa shape index (κ2) is 26.7. The van der Waals surface area contributed by atoms with Crippen molar-refractivity contribution in [3.05, 3.63) is 75.9 Å². The largest absolute Gasteiger partial charge is 0.466 e. The van der Waals surface area contributed by atoms with Crippen LogP contribution in [0.25, 0.3) is 0 Å². The number of hydrogen-bond donors (Lipinski definition) is 3. The Labute approximate surface area is 359 Å². The molecule has 1 aromatic carbocycles. The summed E-state index contributed by atoms with van der Waals surface area (Å²) < 4.78 is 16.6. The number of aromatic nitrogens is 1. The quantitative estimate of drug-likeness (QED) is 0.0218. The van der Waals surface area contributed by atoms with E-state index in [4.69, 9.17) is 14.2 Å². The number of unbranched alkanes of at least 4 members (excludes halogenated alkanes) is 4. The Morgan fingerprint density at radius 2 is 1.71 bits per heavy atom. The maximum atomic E-state index is 13.9. The molecule has 0 saturated heterocycles. The third-order valence-corrected chi connectivity index (χ3v) is 11.9. The number of nitrogens with zero attached hydrogens (tertiary/aromatic N) is 1. The van der Waals surface area contributed by atoms with E-state index in [1.165, 1.54) is 29.6 Å². The van der Waals surface area contributed by atoms with Gasteiger partial charge in [0, 0.05) is 32.0 Å². The van der Waals surface area contributed by atoms with Gasteiger partial charge in [0.15, 0.2) is 5.12 Å². The van der Waals surface area contributed by atoms with Crippen LogP contribution in [0.2, 0.25) is 25.7 Å². The van der Waals surface area contributed by atoms with Crippen molar-refractivity contribution in [2.45, 2.75) is 142 Å². The predicted molar refractivity (Wildman–Crippen MR) is 237 cm³/mol. The van der Waals surface area contributed by atoms with E-state index in [0.717, 1.165) is 48.6 Å². The molecular weight excluding hydrogens is 809 g/mol. The van der Waals surface area contributed by atoms with Crippen LogP contribution in [0.1, 0.15) is 107 Å². The van der Waals surface area contributed by atoms with Gasteiger partial charge in [0.05, 0.1) is 19.6 Å². The highest BCUT2D eigenvalue weighted by molar-refractivity contribution is 8.13. The Morgan fingerprint density at radius 3 is 2.37 bits per heavy atom. The number of hydrogen-bond acceptors (Lipinski definition) is 12. The zero-order valence-corrected chi connectivity index (χ0v) is 38.6. The number of thioether (sulfide) groups is 1. The molecule has 0 aliphatic carbocycles. The van der Waals surface area contributed by atoms with Crippen molar-refractivity contribution in [1.29, 1.82) is 0 Å². The van der Waals surface area contributed by atoms with Gasteiger partial charge in [0.2, 0.25) is 0 Å². The van der Waals surface area contributed by atoms with Crippen molar-refractivity contribution in [2.24, 2.45) is 0 Å². The molecule has 16 heteroatoms. The number of allylic oxidation sites excluding steroid dienone is 2. The fourth-order valence-electron chi connectivity index (χ4n) is 5.19. The van der Waals surface area contributed by atoms with Gasteiger partial charge in [-0.05, 0) is 58.2 Å². The zero-order chi connectivity index (χ0) is 43.8. The van der Waals surface area contributed by atoms with Crippen molar-refractivity contribution in [3.63, 3.8) is 0 Å². The lowest BCUT2D eigenvalue weighted by Crippen LogP contribution is -2.47. The summed E-state index contributed by atoms with van der Waals surface area (Å²) in [6.07, 6.45) is 9.44. The molecule has 2 atom stereocenters. The van der Waals surface area contributed by atoms with Gasteiger partial charge < -0.3 is 30.2 Å². The highest BCUT2D eigenvalue weighted by atomic mass is 32.2. The molecule has 0 aliphatic rings. The van der Waals surface area contributed by atoms with E-state index in [1.807, 2.05) is 6.07 Å². The highest BCUT2D eigenvalue weighted by Crippen LogP contribution is 2.16. The Bertz CT molecular complexity index is 1720. The number of carbonyl (C=O) groups excluding carboxylic acids is 6. The fourth-order valence-corrected chi connectivity index (χ4v) is 7.39. The van der Waals surface area contributed by atoms with E-state index in [9.17, 15) is 28.8 Å². The molecule has 0 unspecified atom stereocenters. The number of rotatable bonds is 25. The molecule has 13 nitrogen and oxygen atoms in total. The standard InChI is InChI=1S/C43H64N4O9S2Si/c1-9-11-12-13-17-23-38(49)57-25-19-18-22-32(28-37(48)54-24-26-59(6,7)8)55-41(52)34(27-31-20-15-14-16-21-31)47-39(50)33(10-2)46-40(51)35-30-58-36(45-35)29-44-42(53)56-43(3,4)5/h10,14-16,18,20-22,30,32,34H,9,11-13,17,19,23-29H2,1-8H3,(H,44,53)(H,46,51)(H,47,50)/t32-,34+/m1/s1. The molecule has 1 aromatic heterocycles. The minimum Gasteiger partial charge on any atom is -0.466 e. The minimum absolute atomic E-state index is 0.0277. The summed E-state index contributed by atoms with van der Waals surface area (Å²) in [4.78, 5) is 82.3. The number of nitrogens with one attached hydrogen (secondary N) is 3. The second-order valence-electron chi connectivity index (χ2n) is 16.2. The number of ether oxygens (including phenoxy) is 3. The van der Waals surface area contributed by atoms with Crippen molar-refractivity contribution in [1.82, 2.24) is 20.9 Å². The molecule has 2 rings (SSSR count). The maximum absolute atomic E-state index is 13.9. The molecule has 0 bridgehead atoms. The minimum atomic E-state index is -1.47. The van der Waals surface area contributed by atoms with Crippen molar-refractivity contribution in [2.75, 3.05) is 12.4 Å². The number of esters is 2. The summed E-state index contributed by atoms with van der Waals surface area (Å²) in [6, 6.07) is 8.63. The van der Waals surface area contributed by atoms with Crippen LogP contribution in [0.4, 0.5) is 4.79 Å². The zero-order valence-electron chi connectivity index (χ0n) is 36.0. The van der Waals surface area contributed by atoms with E-state index in [-0.39, 0.29) is 42.5 Å². The first-order chi connectivity index (χ1) is 27.9. The fraction of sp³-hybridized carbons (Fsp3) is 0.558. The number of amides is 3. The van der Waals surface area contributed by atoms with Crippen molar-refractivity contribution < 1.29 is 43.0 Å². The average Bonchev–Trinajstić information content (AvgIpc) is 3.64. The molecule has 3 amide bonds. The lowest BCUT2D eigenvalue weighted by Gasteiger charge is -2.22. The van der Waals surface area contributed by atoms with E-state index in [1.54, 1.807) is 64.1 Å². The van der Waals surface area contributed by atoms with Gasteiger partial charge in [-0.2, -0.15) is 0 Å². The van der Waals surface area contributed by atoms with Crippen LogP contribution in [0.3, 0.4) is 0 Å². The van der Waals surface area contributed by atoms with Gasteiger partial charge in [0.25, 0.3) is 11.8 Å². The van der Waals surface area contributed by atoms with E-state index >= 15 is 0 Å². The molecule has 0 spiro atoms. The summed E-state index contributed by atoms with van der Waals surface area (Å²) >= 11 is 2.42. The molecule has 0 aliphatic heterocycles. The molecule has 3 N–H and O–H groups in total. The first-order valence-electron chi connectivity index (χ1n) is 20.3. The highest BCUT2D eigenvalue weighted by Gasteiger charge is 2.28. The van der Waals surface area contributed by atoms with Crippen LogP contribution in [0.15, 0.2) is 59.6 Å². The predicted octanol–water partition coefficient (Wildman–Crippen LogP) is 8.28. The number of alkyl carbamates (subject to hydrolysis) is 1. The summed E-state index contributed by atoms with van der Waals surface area (Å²) in [6.45, 7) is 15.8. The number of benzene rings is 1. The summed E-state index contributed by atoms with van der Waals surface area (Å²) in [7, 11) is -1.47. The first kappa shape index (κ1) is 50.9. The molecule has 2 aromatic rings. The van der Waals surface area contributed by atoms with Gasteiger partial charge in [-0.3, -0.25) is 19.2 Å². The van der Waals surface area contributed by atoms with E-state index in [2.05, 4.69) is 47.5 Å². The molecule has 59 heavy (non-hydrogen) atoms. The summed E-state index contributed by atoms with van der Waals surface area (Å²) in [5.41, 5.74) is -0.0363. The Morgan fingerprint density at radius 1 is 1.00 bits per heavy atom. The lowest BCUT2D eigenvalue weighted by molar-refractivity contribution is -0.155. The lowest BCUT2D eigenvalue weighted by atomic mass is 10.1. The molecule has 0 radical (unpaired) electrons. The van der Waals surface area contributed by atoms with Crippen molar-refractivity contribution >= 4 is 66.1 Å². The summed E-state index contributed by atoms with van der Waals surface area (Å²) in [5.74, 6) is -2.18. The van der Waals surface area contributed by atoms with Gasteiger partial charge in [-0.15, -0.1) is 11.3 Å². The number of carbonyl (C=O) groups is 6. The Balaban J connectivity index is 2.16. The van der Waals surface area contributed by atoms with Crippen LogP contribution < -0.4 is 16.0 Å². The van der Waals surface area contributed by atoms with E-state index < -0.39 is 55.7 Å².